The van der Waals surface area contributed by atoms with Crippen LogP contribution in [0.15, 0.2) is 48.5 Å². The van der Waals surface area contributed by atoms with E-state index in [1.54, 1.807) is 39.8 Å². The zero-order chi connectivity index (χ0) is 30.6. The summed E-state index contributed by atoms with van der Waals surface area (Å²) in [4.78, 5) is 52.9. The molecule has 2 unspecified atom stereocenters. The smallest absolute Gasteiger partial charge is 0.408 e. The first-order valence-corrected chi connectivity index (χ1v) is 13.0. The van der Waals surface area contributed by atoms with Gasteiger partial charge in [0, 0.05) is 13.0 Å². The molecule has 2 atom stereocenters. The number of aromatic hydroxyl groups is 2. The molecule has 0 fully saturated rings. The van der Waals surface area contributed by atoms with E-state index in [1.807, 2.05) is 6.07 Å². The van der Waals surface area contributed by atoms with Gasteiger partial charge < -0.3 is 35.2 Å². The van der Waals surface area contributed by atoms with Gasteiger partial charge in [-0.2, -0.15) is 5.26 Å². The molecule has 0 saturated carbocycles. The molecule has 3 amide bonds. The van der Waals surface area contributed by atoms with E-state index in [9.17, 15) is 34.7 Å². The van der Waals surface area contributed by atoms with Gasteiger partial charge in [0.15, 0.2) is 0 Å². The summed E-state index contributed by atoms with van der Waals surface area (Å²) in [7, 11) is 0. The first-order chi connectivity index (χ1) is 19.3. The quantitative estimate of drug-likeness (QED) is 0.221. The number of phenols is 2. The van der Waals surface area contributed by atoms with E-state index in [-0.39, 0.29) is 43.1 Å². The predicted octanol–water partition coefficient (Wildman–Crippen LogP) is 2.70. The van der Waals surface area contributed by atoms with Crippen molar-refractivity contribution in [2.24, 2.45) is 0 Å². The highest BCUT2D eigenvalue weighted by Crippen LogP contribution is 2.25. The monoisotopic (exact) mass is 568 g/mol. The van der Waals surface area contributed by atoms with Crippen molar-refractivity contribution in [2.75, 3.05) is 19.7 Å². The molecule has 2 aromatic carbocycles. The number of amides is 3. The first kappa shape index (κ1) is 32.4. The molecule has 0 bridgehead atoms. The van der Waals surface area contributed by atoms with E-state index < -0.39 is 48.1 Å². The Morgan fingerprint density at radius 2 is 1.59 bits per heavy atom. The highest BCUT2D eigenvalue weighted by Gasteiger charge is 2.36. The van der Waals surface area contributed by atoms with Crippen LogP contribution in [-0.2, 0) is 30.3 Å². The van der Waals surface area contributed by atoms with E-state index in [0.29, 0.717) is 5.56 Å². The van der Waals surface area contributed by atoms with Crippen LogP contribution in [0.1, 0.15) is 51.3 Å². The van der Waals surface area contributed by atoms with Crippen molar-refractivity contribution >= 4 is 23.9 Å². The molecule has 0 heterocycles. The van der Waals surface area contributed by atoms with Crippen molar-refractivity contribution < 1.29 is 38.9 Å². The number of carbonyl (C=O) groups excluding carboxylic acids is 4. The van der Waals surface area contributed by atoms with Crippen molar-refractivity contribution in [1.29, 1.82) is 5.26 Å². The normalized spacial score (nSPS) is 12.3. The third-order valence-corrected chi connectivity index (χ3v) is 5.59. The van der Waals surface area contributed by atoms with Crippen LogP contribution in [0.5, 0.6) is 11.5 Å². The summed E-state index contributed by atoms with van der Waals surface area (Å²) in [6.07, 6.45) is -1.04. The van der Waals surface area contributed by atoms with E-state index in [2.05, 4.69) is 10.6 Å². The molecule has 0 radical (unpaired) electrons. The van der Waals surface area contributed by atoms with Gasteiger partial charge in [-0.1, -0.05) is 24.3 Å². The largest absolute Gasteiger partial charge is 0.508 e. The summed E-state index contributed by atoms with van der Waals surface area (Å²) in [5.74, 6) is -2.04. The Morgan fingerprint density at radius 1 is 1.00 bits per heavy atom. The number of hydrogen-bond donors (Lipinski definition) is 4. The van der Waals surface area contributed by atoms with Crippen LogP contribution in [0.4, 0.5) is 4.79 Å². The summed E-state index contributed by atoms with van der Waals surface area (Å²) >= 11 is 0. The van der Waals surface area contributed by atoms with Crippen molar-refractivity contribution in [1.82, 2.24) is 15.5 Å². The van der Waals surface area contributed by atoms with Crippen LogP contribution < -0.4 is 10.6 Å². The standard InChI is InChI=1S/C29H36N4O8/c1-5-40-24(36)14-16-31-26(37)25(20-8-12-22(35)13-9-20)33(17-15-30)27(38)23(32-28(39)41-29(2,3)4)18-19-6-10-21(34)11-7-19/h6-13,23,25,34-35H,5,14,16-18H2,1-4H3,(H,31,37)(H,32,39). The average Bonchev–Trinajstić information content (AvgIpc) is 2.89. The predicted molar refractivity (Wildman–Crippen MR) is 147 cm³/mol. The van der Waals surface area contributed by atoms with Crippen LogP contribution in [0.25, 0.3) is 0 Å². The van der Waals surface area contributed by atoms with Crippen molar-refractivity contribution in [2.45, 2.75) is 58.2 Å². The van der Waals surface area contributed by atoms with Gasteiger partial charge in [0.1, 0.15) is 35.7 Å². The summed E-state index contributed by atoms with van der Waals surface area (Å²) in [6, 6.07) is 10.8. The minimum Gasteiger partial charge on any atom is -0.508 e. The number of alkyl carbamates (subject to hydrolysis) is 1. The number of ether oxygens (including phenoxy) is 2. The Labute approximate surface area is 238 Å². The highest BCUT2D eigenvalue weighted by atomic mass is 16.6. The maximum absolute atomic E-state index is 14.0. The average molecular weight is 569 g/mol. The molecule has 0 saturated heterocycles. The van der Waals surface area contributed by atoms with Crippen molar-refractivity contribution in [3.05, 3.63) is 59.7 Å². The lowest BCUT2D eigenvalue weighted by atomic mass is 10.00. The fraction of sp³-hybridized carbons (Fsp3) is 0.414. The molecule has 220 valence electrons. The number of hydrogen-bond acceptors (Lipinski definition) is 9. The molecule has 0 aromatic heterocycles. The molecule has 0 aliphatic carbocycles. The molecule has 2 aromatic rings. The van der Waals surface area contributed by atoms with Gasteiger partial charge in [0.05, 0.1) is 19.1 Å². The van der Waals surface area contributed by atoms with E-state index in [0.717, 1.165) is 4.90 Å². The third-order valence-electron chi connectivity index (χ3n) is 5.59. The lowest BCUT2D eigenvalue weighted by Crippen LogP contribution is -2.54. The van der Waals surface area contributed by atoms with E-state index in [4.69, 9.17) is 9.47 Å². The van der Waals surface area contributed by atoms with Crippen molar-refractivity contribution in [3.8, 4) is 17.6 Å². The minimum absolute atomic E-state index is 0.00900. The number of esters is 1. The molecule has 2 rings (SSSR count). The van der Waals surface area contributed by atoms with Crippen LogP contribution in [0.2, 0.25) is 0 Å². The van der Waals surface area contributed by atoms with Crippen LogP contribution in [0.3, 0.4) is 0 Å². The molecule has 12 heteroatoms. The van der Waals surface area contributed by atoms with Crippen LogP contribution >= 0.6 is 0 Å². The highest BCUT2D eigenvalue weighted by molar-refractivity contribution is 5.92. The lowest BCUT2D eigenvalue weighted by Gasteiger charge is -2.33. The molecular weight excluding hydrogens is 532 g/mol. The maximum Gasteiger partial charge on any atom is 0.408 e. The van der Waals surface area contributed by atoms with Gasteiger partial charge in [-0.25, -0.2) is 4.79 Å². The number of benzene rings is 2. The van der Waals surface area contributed by atoms with Gasteiger partial charge in [0.25, 0.3) is 0 Å². The third kappa shape index (κ3) is 10.7. The lowest BCUT2D eigenvalue weighted by molar-refractivity contribution is -0.144. The van der Waals surface area contributed by atoms with Gasteiger partial charge in [-0.15, -0.1) is 0 Å². The SMILES string of the molecule is CCOC(=O)CCNC(=O)C(c1ccc(O)cc1)N(CC#N)C(=O)C(Cc1ccc(O)cc1)NC(=O)OC(C)(C)C. The summed E-state index contributed by atoms with van der Waals surface area (Å²) < 4.78 is 10.2. The molecular formula is C29H36N4O8. The van der Waals surface area contributed by atoms with Gasteiger partial charge >= 0.3 is 12.1 Å². The minimum atomic E-state index is -1.35. The summed E-state index contributed by atoms with van der Waals surface area (Å²) in [6.45, 7) is 6.20. The number of nitrogens with zero attached hydrogens (tertiary/aromatic N) is 2. The first-order valence-electron chi connectivity index (χ1n) is 13.0. The number of rotatable bonds is 12. The van der Waals surface area contributed by atoms with Gasteiger partial charge in [-0.05, 0) is 63.1 Å². The number of nitriles is 1. The Morgan fingerprint density at radius 3 is 2.12 bits per heavy atom. The molecule has 0 aliphatic heterocycles. The summed E-state index contributed by atoms with van der Waals surface area (Å²) in [5.41, 5.74) is -0.00877. The molecule has 0 aliphatic rings. The second kappa shape index (κ2) is 15.1. The summed E-state index contributed by atoms with van der Waals surface area (Å²) in [5, 5.41) is 34.2. The second-order valence-corrected chi connectivity index (χ2v) is 10.0. The fourth-order valence-corrected chi connectivity index (χ4v) is 3.84. The van der Waals surface area contributed by atoms with Crippen LogP contribution in [0, 0.1) is 11.3 Å². The maximum atomic E-state index is 14.0. The zero-order valence-electron chi connectivity index (χ0n) is 23.5. The van der Waals surface area contributed by atoms with Crippen molar-refractivity contribution in [3.63, 3.8) is 0 Å². The Hall–Kier alpha value is -4.79. The zero-order valence-corrected chi connectivity index (χ0v) is 23.5. The molecule has 4 N–H and O–H groups in total. The second-order valence-electron chi connectivity index (χ2n) is 10.0. The van der Waals surface area contributed by atoms with E-state index >= 15 is 0 Å². The van der Waals surface area contributed by atoms with Gasteiger partial charge in [0.2, 0.25) is 11.8 Å². The Balaban J connectivity index is 2.46. The van der Waals surface area contributed by atoms with Gasteiger partial charge in [-0.3, -0.25) is 14.4 Å². The fourth-order valence-electron chi connectivity index (χ4n) is 3.84. The number of nitrogens with one attached hydrogen (secondary N) is 2. The number of carbonyl (C=O) groups is 4. The number of phenolic OH excluding ortho intramolecular Hbond substituents is 2. The topological polar surface area (TPSA) is 178 Å². The Bertz CT molecular complexity index is 1230. The van der Waals surface area contributed by atoms with E-state index in [1.165, 1.54) is 36.4 Å². The molecule has 12 nitrogen and oxygen atoms in total. The molecule has 41 heavy (non-hydrogen) atoms. The Kier molecular flexibility index (Phi) is 12.0. The molecule has 0 spiro atoms. The van der Waals surface area contributed by atoms with Crippen LogP contribution in [-0.4, -0.2) is 70.3 Å².